The van der Waals surface area contributed by atoms with Gasteiger partial charge in [0.1, 0.15) is 5.92 Å². The summed E-state index contributed by atoms with van der Waals surface area (Å²) in [6.07, 6.45) is -3.64. The summed E-state index contributed by atoms with van der Waals surface area (Å²) in [5.74, 6) is -1.96. The molecule has 2 aliphatic heterocycles. The largest absolute Gasteiger partial charge is 0.416 e. The Hall–Kier alpha value is -3.30. The quantitative estimate of drug-likeness (QED) is 0.363. The van der Waals surface area contributed by atoms with Crippen LogP contribution in [-0.2, 0) is 20.6 Å². The lowest BCUT2D eigenvalue weighted by molar-refractivity contribution is -0.137. The first kappa shape index (κ1) is 22.5. The van der Waals surface area contributed by atoms with Crippen LogP contribution in [0.2, 0.25) is 0 Å². The first-order chi connectivity index (χ1) is 16.3. The molecule has 0 N–H and O–H groups in total. The van der Waals surface area contributed by atoms with Crippen LogP contribution in [0.25, 0.3) is 0 Å². The molecule has 2 saturated heterocycles. The molecule has 2 amide bonds. The molecule has 0 aliphatic carbocycles. The van der Waals surface area contributed by atoms with Crippen molar-refractivity contribution >= 4 is 35.0 Å². The van der Waals surface area contributed by atoms with Crippen molar-refractivity contribution < 1.29 is 27.6 Å². The normalized spacial score (nSPS) is 22.4. The molecule has 0 unspecified atom stereocenters. The van der Waals surface area contributed by atoms with Crippen LogP contribution in [-0.4, -0.2) is 24.2 Å². The Labute approximate surface area is 198 Å². The van der Waals surface area contributed by atoms with Gasteiger partial charge in [-0.2, -0.15) is 13.2 Å². The fourth-order valence-electron chi connectivity index (χ4n) is 4.41. The lowest BCUT2D eigenvalue weighted by Gasteiger charge is -2.29. The van der Waals surface area contributed by atoms with Gasteiger partial charge in [0.25, 0.3) is 5.91 Å². The third kappa shape index (κ3) is 3.74. The molecule has 2 fully saturated rings. The minimum atomic E-state index is -4.51. The summed E-state index contributed by atoms with van der Waals surface area (Å²) in [5, 5.41) is 1.59. The zero-order valence-corrected chi connectivity index (χ0v) is 18.7. The number of anilines is 2. The first-order valence-electron chi connectivity index (χ1n) is 10.5. The van der Waals surface area contributed by atoms with Crippen LogP contribution in [0.5, 0.6) is 0 Å². The fraction of sp³-hybridized carbons (Fsp3) is 0.200. The minimum Gasteiger partial charge on any atom is -0.273 e. The number of hydrogen-bond acceptors (Lipinski definition) is 5. The van der Waals surface area contributed by atoms with E-state index in [1.54, 1.807) is 16.8 Å². The molecule has 3 aromatic rings. The molecule has 174 valence electrons. The van der Waals surface area contributed by atoms with E-state index < -0.39 is 41.6 Å². The van der Waals surface area contributed by atoms with Gasteiger partial charge in [-0.3, -0.25) is 14.4 Å². The van der Waals surface area contributed by atoms with E-state index in [9.17, 15) is 22.8 Å². The molecule has 9 heteroatoms. The highest BCUT2D eigenvalue weighted by Gasteiger charge is 2.60. The van der Waals surface area contributed by atoms with Crippen LogP contribution >= 0.6 is 11.8 Å². The SMILES string of the molecule is CSc1ccc([C@@H]2[C@H]3C(=O)N(c4ccc(C(F)(F)F)cc4)C(=O)[C@H]3ON2c2ccccc2)cc1. The number of rotatable bonds is 4. The summed E-state index contributed by atoms with van der Waals surface area (Å²) in [7, 11) is 0. The van der Waals surface area contributed by atoms with Gasteiger partial charge in [0.15, 0.2) is 6.10 Å². The molecule has 3 aromatic carbocycles. The van der Waals surface area contributed by atoms with Gasteiger partial charge < -0.3 is 0 Å². The van der Waals surface area contributed by atoms with E-state index in [4.69, 9.17) is 4.84 Å². The smallest absolute Gasteiger partial charge is 0.273 e. The van der Waals surface area contributed by atoms with Crippen LogP contribution in [0, 0.1) is 5.92 Å². The van der Waals surface area contributed by atoms with Crippen molar-refractivity contribution in [2.45, 2.75) is 23.2 Å². The highest BCUT2D eigenvalue weighted by Crippen LogP contribution is 2.47. The Morgan fingerprint density at radius 3 is 2.06 bits per heavy atom. The predicted octanol–water partition coefficient (Wildman–Crippen LogP) is 5.48. The van der Waals surface area contributed by atoms with E-state index in [2.05, 4.69) is 0 Å². The molecule has 3 atom stereocenters. The topological polar surface area (TPSA) is 49.9 Å². The number of hydroxylamine groups is 1. The van der Waals surface area contributed by atoms with E-state index in [1.165, 1.54) is 0 Å². The maximum Gasteiger partial charge on any atom is 0.416 e. The standard InChI is InChI=1S/C25H19F3N2O3S/c1-34-19-13-7-15(8-14-19)21-20-22(33-30(21)18-5-3-2-4-6-18)24(32)29(23(20)31)17-11-9-16(10-12-17)25(26,27)28/h2-14,20-22H,1H3/t20-,21-,22+/m1/s1. The number of nitrogens with zero attached hydrogens (tertiary/aromatic N) is 2. The summed E-state index contributed by atoms with van der Waals surface area (Å²) in [6.45, 7) is 0. The van der Waals surface area contributed by atoms with Crippen molar-refractivity contribution in [3.8, 4) is 0 Å². The van der Waals surface area contributed by atoms with Gasteiger partial charge in [-0.1, -0.05) is 30.3 Å². The van der Waals surface area contributed by atoms with Crippen molar-refractivity contribution in [2.24, 2.45) is 5.92 Å². The van der Waals surface area contributed by atoms with Crippen LogP contribution in [0.15, 0.2) is 83.8 Å². The Kier molecular flexibility index (Phi) is 5.61. The molecular formula is C25H19F3N2O3S. The Balaban J connectivity index is 1.53. The second kappa shape index (κ2) is 8.48. The second-order valence-corrected chi connectivity index (χ2v) is 8.87. The number of carbonyl (C=O) groups excluding carboxylic acids is 2. The van der Waals surface area contributed by atoms with E-state index in [1.807, 2.05) is 60.9 Å². The number of fused-ring (bicyclic) bond motifs is 1. The van der Waals surface area contributed by atoms with Gasteiger partial charge >= 0.3 is 6.18 Å². The summed E-state index contributed by atoms with van der Waals surface area (Å²) in [6, 6.07) is 20.2. The highest BCUT2D eigenvalue weighted by atomic mass is 32.2. The average molecular weight is 484 g/mol. The zero-order valence-electron chi connectivity index (χ0n) is 17.9. The van der Waals surface area contributed by atoms with Crippen LogP contribution in [0.4, 0.5) is 24.5 Å². The summed E-state index contributed by atoms with van der Waals surface area (Å²) >= 11 is 1.58. The number of para-hydroxylation sites is 1. The van der Waals surface area contributed by atoms with Gasteiger partial charge in [-0.25, -0.2) is 9.96 Å². The maximum atomic E-state index is 13.5. The van der Waals surface area contributed by atoms with Gasteiger partial charge in [0.2, 0.25) is 5.91 Å². The molecule has 2 heterocycles. The number of benzene rings is 3. The highest BCUT2D eigenvalue weighted by molar-refractivity contribution is 7.98. The number of carbonyl (C=O) groups is 2. The molecule has 5 rings (SSSR count). The van der Waals surface area contributed by atoms with Crippen LogP contribution in [0.1, 0.15) is 17.2 Å². The number of thioether (sulfide) groups is 1. The van der Waals surface area contributed by atoms with Gasteiger partial charge in [0, 0.05) is 4.90 Å². The molecular weight excluding hydrogens is 465 g/mol. The molecule has 0 bridgehead atoms. The molecule has 0 saturated carbocycles. The number of amides is 2. The van der Waals surface area contributed by atoms with Crippen molar-refractivity contribution in [3.63, 3.8) is 0 Å². The lowest BCUT2D eigenvalue weighted by Crippen LogP contribution is -2.37. The Bertz CT molecular complexity index is 1220. The van der Waals surface area contributed by atoms with E-state index in [-0.39, 0.29) is 5.69 Å². The monoisotopic (exact) mass is 484 g/mol. The van der Waals surface area contributed by atoms with Gasteiger partial charge in [-0.05, 0) is 60.4 Å². The minimum absolute atomic E-state index is 0.0868. The molecule has 0 radical (unpaired) electrons. The predicted molar refractivity (Wildman–Crippen MR) is 122 cm³/mol. The average Bonchev–Trinajstić information content (AvgIpc) is 3.35. The van der Waals surface area contributed by atoms with Gasteiger partial charge in [-0.15, -0.1) is 11.8 Å². The summed E-state index contributed by atoms with van der Waals surface area (Å²) in [4.78, 5) is 34.8. The van der Waals surface area contributed by atoms with E-state index in [0.717, 1.165) is 39.6 Å². The number of imide groups is 1. The number of alkyl halides is 3. The summed E-state index contributed by atoms with van der Waals surface area (Å²) < 4.78 is 38.9. The van der Waals surface area contributed by atoms with Crippen molar-refractivity contribution in [2.75, 3.05) is 16.2 Å². The molecule has 0 aromatic heterocycles. The summed E-state index contributed by atoms with van der Waals surface area (Å²) in [5.41, 5.74) is 0.722. The number of halogens is 3. The van der Waals surface area contributed by atoms with Crippen LogP contribution in [0.3, 0.4) is 0 Å². The molecule has 34 heavy (non-hydrogen) atoms. The Morgan fingerprint density at radius 1 is 0.824 bits per heavy atom. The zero-order chi connectivity index (χ0) is 24.0. The third-order valence-electron chi connectivity index (χ3n) is 6.04. The number of hydrogen-bond donors (Lipinski definition) is 0. The maximum absolute atomic E-state index is 13.5. The van der Waals surface area contributed by atoms with E-state index in [0.29, 0.717) is 5.69 Å². The van der Waals surface area contributed by atoms with E-state index >= 15 is 0 Å². The lowest BCUT2D eigenvalue weighted by atomic mass is 9.90. The van der Waals surface area contributed by atoms with Crippen molar-refractivity contribution in [1.29, 1.82) is 0 Å². The Morgan fingerprint density at radius 2 is 1.47 bits per heavy atom. The second-order valence-electron chi connectivity index (χ2n) is 7.99. The van der Waals surface area contributed by atoms with Crippen LogP contribution < -0.4 is 9.96 Å². The molecule has 0 spiro atoms. The molecule has 5 nitrogen and oxygen atoms in total. The van der Waals surface area contributed by atoms with Crippen molar-refractivity contribution in [3.05, 3.63) is 90.0 Å². The van der Waals surface area contributed by atoms with Gasteiger partial charge in [0.05, 0.1) is 23.0 Å². The first-order valence-corrected chi connectivity index (χ1v) is 11.7. The molecule has 2 aliphatic rings. The van der Waals surface area contributed by atoms with Crippen molar-refractivity contribution in [1.82, 2.24) is 0 Å². The third-order valence-corrected chi connectivity index (χ3v) is 6.78. The fourth-order valence-corrected chi connectivity index (χ4v) is 4.82.